The number of benzene rings is 5. The van der Waals surface area contributed by atoms with E-state index in [-0.39, 0.29) is 5.82 Å². The van der Waals surface area contributed by atoms with Crippen molar-refractivity contribution in [2.24, 2.45) is 0 Å². The van der Waals surface area contributed by atoms with Gasteiger partial charge in [0.15, 0.2) is 0 Å². The van der Waals surface area contributed by atoms with Crippen LogP contribution in [0.3, 0.4) is 0 Å². The van der Waals surface area contributed by atoms with E-state index < -0.39 is 0 Å². The van der Waals surface area contributed by atoms with Gasteiger partial charge in [-0.1, -0.05) is 48.5 Å². The van der Waals surface area contributed by atoms with Crippen molar-refractivity contribution in [2.75, 3.05) is 5.32 Å². The molecule has 1 aliphatic rings. The molecule has 0 saturated carbocycles. The standard InChI is InChI=1S/C28H18FNO/c29-21-10-14-23(15-11-21)30-22-12-7-18(8-13-22)20-9-16-24-25-5-1-3-19-4-2-6-26(28(19)25)31-27(24)17-20/h1-17,30H. The van der Waals surface area contributed by atoms with Crippen LogP contribution in [-0.4, -0.2) is 0 Å². The van der Waals surface area contributed by atoms with Gasteiger partial charge >= 0.3 is 0 Å². The monoisotopic (exact) mass is 403 g/mol. The molecule has 0 aromatic heterocycles. The average Bonchev–Trinajstić information content (AvgIpc) is 2.81. The van der Waals surface area contributed by atoms with Gasteiger partial charge in [0.25, 0.3) is 0 Å². The number of halogens is 1. The summed E-state index contributed by atoms with van der Waals surface area (Å²) in [6.07, 6.45) is 0. The highest BCUT2D eigenvalue weighted by Gasteiger charge is 2.20. The minimum absolute atomic E-state index is 0.241. The molecule has 6 rings (SSSR count). The second kappa shape index (κ2) is 6.99. The van der Waals surface area contributed by atoms with E-state index in [1.54, 1.807) is 12.1 Å². The van der Waals surface area contributed by atoms with Gasteiger partial charge in [0.2, 0.25) is 0 Å². The number of hydrogen-bond acceptors (Lipinski definition) is 2. The number of fused-ring (bicyclic) bond motifs is 2. The summed E-state index contributed by atoms with van der Waals surface area (Å²) < 4.78 is 19.4. The zero-order valence-corrected chi connectivity index (χ0v) is 16.6. The Morgan fingerprint density at radius 1 is 0.581 bits per heavy atom. The molecular weight excluding hydrogens is 385 g/mol. The maximum atomic E-state index is 13.1. The lowest BCUT2D eigenvalue weighted by Crippen LogP contribution is -1.97. The molecule has 0 radical (unpaired) electrons. The Morgan fingerprint density at radius 2 is 1.26 bits per heavy atom. The van der Waals surface area contributed by atoms with Gasteiger partial charge in [0, 0.05) is 22.3 Å². The Labute approximate surface area is 179 Å². The lowest BCUT2D eigenvalue weighted by molar-refractivity contribution is 0.487. The van der Waals surface area contributed by atoms with Crippen molar-refractivity contribution in [3.05, 3.63) is 109 Å². The average molecular weight is 403 g/mol. The van der Waals surface area contributed by atoms with Crippen molar-refractivity contribution in [3.8, 4) is 33.8 Å². The molecule has 148 valence electrons. The van der Waals surface area contributed by atoms with E-state index in [9.17, 15) is 4.39 Å². The summed E-state index contributed by atoms with van der Waals surface area (Å²) in [7, 11) is 0. The lowest BCUT2D eigenvalue weighted by Gasteiger charge is -2.22. The van der Waals surface area contributed by atoms with E-state index in [1.807, 2.05) is 24.3 Å². The Balaban J connectivity index is 1.33. The van der Waals surface area contributed by atoms with Crippen molar-refractivity contribution in [3.63, 3.8) is 0 Å². The van der Waals surface area contributed by atoms with Gasteiger partial charge < -0.3 is 10.1 Å². The molecule has 0 spiro atoms. The van der Waals surface area contributed by atoms with Crippen LogP contribution in [-0.2, 0) is 0 Å². The SMILES string of the molecule is Fc1ccc(Nc2ccc(-c3ccc4c(c3)Oc3cccc5cccc-4c35)cc2)cc1. The van der Waals surface area contributed by atoms with E-state index >= 15 is 0 Å². The molecule has 5 aromatic carbocycles. The molecule has 0 fully saturated rings. The van der Waals surface area contributed by atoms with Crippen LogP contribution in [0.25, 0.3) is 33.0 Å². The summed E-state index contributed by atoms with van der Waals surface area (Å²) >= 11 is 0. The van der Waals surface area contributed by atoms with Crippen LogP contribution < -0.4 is 10.1 Å². The molecule has 1 N–H and O–H groups in total. The first-order valence-corrected chi connectivity index (χ1v) is 10.2. The zero-order valence-electron chi connectivity index (χ0n) is 16.6. The Kier molecular flexibility index (Phi) is 4.00. The predicted molar refractivity (Wildman–Crippen MR) is 125 cm³/mol. The molecule has 5 aromatic rings. The van der Waals surface area contributed by atoms with Crippen LogP contribution in [0.2, 0.25) is 0 Å². The van der Waals surface area contributed by atoms with E-state index in [0.29, 0.717) is 0 Å². The largest absolute Gasteiger partial charge is 0.456 e. The maximum absolute atomic E-state index is 13.1. The molecule has 0 saturated heterocycles. The molecule has 1 heterocycles. The summed E-state index contributed by atoms with van der Waals surface area (Å²) in [6, 6.07) is 33.5. The van der Waals surface area contributed by atoms with Crippen LogP contribution in [0.4, 0.5) is 15.8 Å². The Hall–Kier alpha value is -4.11. The fourth-order valence-corrected chi connectivity index (χ4v) is 4.19. The first-order chi connectivity index (χ1) is 15.2. The van der Waals surface area contributed by atoms with E-state index in [1.165, 1.54) is 28.5 Å². The summed E-state index contributed by atoms with van der Waals surface area (Å²) in [6.45, 7) is 0. The molecule has 0 atom stereocenters. The summed E-state index contributed by atoms with van der Waals surface area (Å²) in [5.74, 6) is 1.53. The third-order valence-corrected chi connectivity index (χ3v) is 5.71. The van der Waals surface area contributed by atoms with Gasteiger partial charge in [-0.2, -0.15) is 0 Å². The van der Waals surface area contributed by atoms with Crippen molar-refractivity contribution >= 4 is 22.1 Å². The van der Waals surface area contributed by atoms with Crippen LogP contribution in [0.5, 0.6) is 11.5 Å². The highest BCUT2D eigenvalue weighted by Crippen LogP contribution is 2.47. The van der Waals surface area contributed by atoms with Crippen molar-refractivity contribution in [2.45, 2.75) is 0 Å². The zero-order chi connectivity index (χ0) is 20.8. The second-order valence-corrected chi connectivity index (χ2v) is 7.68. The Bertz CT molecular complexity index is 1420. The van der Waals surface area contributed by atoms with E-state index in [0.717, 1.165) is 39.6 Å². The van der Waals surface area contributed by atoms with Crippen molar-refractivity contribution < 1.29 is 9.13 Å². The normalized spacial score (nSPS) is 11.6. The maximum Gasteiger partial charge on any atom is 0.135 e. The number of hydrogen-bond donors (Lipinski definition) is 1. The highest BCUT2D eigenvalue weighted by atomic mass is 19.1. The molecule has 31 heavy (non-hydrogen) atoms. The van der Waals surface area contributed by atoms with Crippen molar-refractivity contribution in [1.82, 2.24) is 0 Å². The van der Waals surface area contributed by atoms with Gasteiger partial charge in [-0.3, -0.25) is 0 Å². The fraction of sp³-hybridized carbons (Fsp3) is 0. The summed E-state index contributed by atoms with van der Waals surface area (Å²) in [5, 5.41) is 5.65. The lowest BCUT2D eigenvalue weighted by atomic mass is 9.93. The van der Waals surface area contributed by atoms with Crippen LogP contribution in [0.1, 0.15) is 0 Å². The third kappa shape index (κ3) is 3.11. The first kappa shape index (κ1) is 17.7. The molecule has 1 aliphatic heterocycles. The number of ether oxygens (including phenoxy) is 1. The highest BCUT2D eigenvalue weighted by molar-refractivity contribution is 6.04. The predicted octanol–water partition coefficient (Wildman–Crippen LogP) is 8.16. The minimum Gasteiger partial charge on any atom is -0.456 e. The number of rotatable bonds is 3. The third-order valence-electron chi connectivity index (χ3n) is 5.71. The van der Waals surface area contributed by atoms with E-state index in [4.69, 9.17) is 4.74 Å². The smallest absolute Gasteiger partial charge is 0.135 e. The summed E-state index contributed by atoms with van der Waals surface area (Å²) in [4.78, 5) is 0. The van der Waals surface area contributed by atoms with Crippen LogP contribution in [0, 0.1) is 5.82 Å². The minimum atomic E-state index is -0.241. The molecule has 0 aliphatic carbocycles. The van der Waals surface area contributed by atoms with Crippen LogP contribution in [0.15, 0.2) is 103 Å². The molecule has 3 heteroatoms. The quantitative estimate of drug-likeness (QED) is 0.322. The van der Waals surface area contributed by atoms with Crippen LogP contribution >= 0.6 is 0 Å². The van der Waals surface area contributed by atoms with Gasteiger partial charge in [-0.15, -0.1) is 0 Å². The molecule has 0 amide bonds. The van der Waals surface area contributed by atoms with E-state index in [2.05, 4.69) is 59.9 Å². The summed E-state index contributed by atoms with van der Waals surface area (Å²) in [5.41, 5.74) is 6.32. The first-order valence-electron chi connectivity index (χ1n) is 10.2. The fourth-order valence-electron chi connectivity index (χ4n) is 4.19. The second-order valence-electron chi connectivity index (χ2n) is 7.68. The van der Waals surface area contributed by atoms with Gasteiger partial charge in [-0.25, -0.2) is 4.39 Å². The molecule has 0 unspecified atom stereocenters. The molecule has 0 bridgehead atoms. The van der Waals surface area contributed by atoms with Gasteiger partial charge in [0.05, 0.1) is 0 Å². The Morgan fingerprint density at radius 3 is 2.03 bits per heavy atom. The molecule has 2 nitrogen and oxygen atoms in total. The van der Waals surface area contributed by atoms with Gasteiger partial charge in [-0.05, 0) is 76.7 Å². The van der Waals surface area contributed by atoms with Gasteiger partial charge in [0.1, 0.15) is 17.3 Å². The van der Waals surface area contributed by atoms with Crippen molar-refractivity contribution in [1.29, 1.82) is 0 Å². The topological polar surface area (TPSA) is 21.3 Å². The number of nitrogens with one attached hydrogen (secondary N) is 1. The number of anilines is 2. The molecular formula is C28H18FNO.